The first-order valence-corrected chi connectivity index (χ1v) is 6.59. The van der Waals surface area contributed by atoms with Gasteiger partial charge in [0.25, 0.3) is 0 Å². The fourth-order valence-corrected chi connectivity index (χ4v) is 2.25. The van der Waals surface area contributed by atoms with E-state index in [0.29, 0.717) is 24.5 Å². The van der Waals surface area contributed by atoms with Gasteiger partial charge in [-0.05, 0) is 19.1 Å². The van der Waals surface area contributed by atoms with Gasteiger partial charge in [-0.15, -0.1) is 0 Å². The number of methoxy groups -OCH3 is 1. The van der Waals surface area contributed by atoms with E-state index in [4.69, 9.17) is 9.47 Å². The van der Waals surface area contributed by atoms with Crippen molar-refractivity contribution in [3.8, 4) is 5.75 Å². The Bertz CT molecular complexity index is 466. The molecular weight excluding hydrogens is 260 g/mol. The molecule has 20 heavy (non-hydrogen) atoms. The van der Waals surface area contributed by atoms with Gasteiger partial charge >= 0.3 is 6.03 Å². The van der Waals surface area contributed by atoms with Crippen molar-refractivity contribution in [2.75, 3.05) is 32.1 Å². The molecule has 0 aliphatic carbocycles. The van der Waals surface area contributed by atoms with E-state index in [1.807, 2.05) is 19.1 Å². The van der Waals surface area contributed by atoms with Crippen molar-refractivity contribution in [1.29, 1.82) is 0 Å². The molecule has 2 unspecified atom stereocenters. The van der Waals surface area contributed by atoms with E-state index in [0.717, 1.165) is 0 Å². The van der Waals surface area contributed by atoms with Gasteiger partial charge in [0.15, 0.2) is 0 Å². The Morgan fingerprint density at radius 1 is 1.50 bits per heavy atom. The van der Waals surface area contributed by atoms with Crippen LogP contribution in [0.25, 0.3) is 0 Å². The summed E-state index contributed by atoms with van der Waals surface area (Å²) in [5.74, 6) is 0.612. The molecule has 1 fully saturated rings. The molecule has 0 radical (unpaired) electrons. The van der Waals surface area contributed by atoms with Gasteiger partial charge in [-0.25, -0.2) is 4.79 Å². The third-order valence-corrected chi connectivity index (χ3v) is 3.17. The Hall–Kier alpha value is -1.79. The molecule has 1 aromatic carbocycles. The summed E-state index contributed by atoms with van der Waals surface area (Å²) in [5.41, 5.74) is 0.625. The molecule has 1 saturated heterocycles. The van der Waals surface area contributed by atoms with Crippen LogP contribution in [0.4, 0.5) is 10.5 Å². The van der Waals surface area contributed by atoms with Gasteiger partial charge in [0, 0.05) is 6.54 Å². The third kappa shape index (κ3) is 3.40. The van der Waals surface area contributed by atoms with E-state index in [1.54, 1.807) is 24.1 Å². The number of amides is 2. The van der Waals surface area contributed by atoms with E-state index in [2.05, 4.69) is 5.32 Å². The maximum Gasteiger partial charge on any atom is 0.322 e. The molecule has 2 amide bonds. The summed E-state index contributed by atoms with van der Waals surface area (Å²) in [6.45, 7) is 2.66. The van der Waals surface area contributed by atoms with E-state index >= 15 is 0 Å². The van der Waals surface area contributed by atoms with Crippen LogP contribution in [0.15, 0.2) is 24.3 Å². The van der Waals surface area contributed by atoms with Gasteiger partial charge in [0.05, 0.1) is 38.2 Å². The minimum atomic E-state index is -0.331. The summed E-state index contributed by atoms with van der Waals surface area (Å²) < 4.78 is 10.7. The summed E-state index contributed by atoms with van der Waals surface area (Å²) in [4.78, 5) is 13.9. The number of benzene rings is 1. The van der Waals surface area contributed by atoms with E-state index in [-0.39, 0.29) is 24.8 Å². The molecule has 0 saturated carbocycles. The van der Waals surface area contributed by atoms with Crippen LogP contribution in [0, 0.1) is 0 Å². The number of para-hydroxylation sites is 2. The first-order chi connectivity index (χ1) is 9.63. The van der Waals surface area contributed by atoms with E-state index in [9.17, 15) is 9.90 Å². The van der Waals surface area contributed by atoms with Gasteiger partial charge in [-0.1, -0.05) is 12.1 Å². The van der Waals surface area contributed by atoms with Crippen molar-refractivity contribution in [2.45, 2.75) is 19.1 Å². The zero-order valence-electron chi connectivity index (χ0n) is 11.7. The second-order valence-corrected chi connectivity index (χ2v) is 4.79. The summed E-state index contributed by atoms with van der Waals surface area (Å²) >= 11 is 0. The minimum Gasteiger partial charge on any atom is -0.495 e. The number of anilines is 1. The largest absolute Gasteiger partial charge is 0.495 e. The number of carbonyl (C=O) groups is 1. The van der Waals surface area contributed by atoms with Crippen LogP contribution < -0.4 is 10.1 Å². The number of aliphatic hydroxyl groups excluding tert-OH is 1. The average molecular weight is 280 g/mol. The maximum atomic E-state index is 12.3. The lowest BCUT2D eigenvalue weighted by Crippen LogP contribution is -2.51. The smallest absolute Gasteiger partial charge is 0.322 e. The highest BCUT2D eigenvalue weighted by Gasteiger charge is 2.28. The van der Waals surface area contributed by atoms with Crippen LogP contribution in [0.5, 0.6) is 5.75 Å². The Labute approximate surface area is 118 Å². The van der Waals surface area contributed by atoms with Crippen molar-refractivity contribution >= 4 is 11.7 Å². The summed E-state index contributed by atoms with van der Waals surface area (Å²) in [6, 6.07) is 7.02. The lowest BCUT2D eigenvalue weighted by Gasteiger charge is -2.36. The van der Waals surface area contributed by atoms with Gasteiger partial charge < -0.3 is 24.8 Å². The van der Waals surface area contributed by atoms with Crippen molar-refractivity contribution in [2.24, 2.45) is 0 Å². The maximum absolute atomic E-state index is 12.3. The molecule has 0 aromatic heterocycles. The molecule has 0 spiro atoms. The second-order valence-electron chi connectivity index (χ2n) is 4.79. The number of urea groups is 1. The Morgan fingerprint density at radius 3 is 2.95 bits per heavy atom. The quantitative estimate of drug-likeness (QED) is 0.875. The molecular formula is C14H20N2O4. The molecule has 110 valence electrons. The fourth-order valence-electron chi connectivity index (χ4n) is 2.25. The molecule has 1 aromatic rings. The van der Waals surface area contributed by atoms with Crippen LogP contribution in [-0.2, 0) is 4.74 Å². The molecule has 1 heterocycles. The van der Waals surface area contributed by atoms with Gasteiger partial charge in [0.2, 0.25) is 0 Å². The number of hydrogen-bond acceptors (Lipinski definition) is 4. The fraction of sp³-hybridized carbons (Fsp3) is 0.500. The van der Waals surface area contributed by atoms with Crippen molar-refractivity contribution in [3.63, 3.8) is 0 Å². The summed E-state index contributed by atoms with van der Waals surface area (Å²) in [5, 5.41) is 12.0. The van der Waals surface area contributed by atoms with Crippen LogP contribution in [-0.4, -0.2) is 55.1 Å². The van der Waals surface area contributed by atoms with Crippen molar-refractivity contribution < 1.29 is 19.4 Å². The Kier molecular flexibility index (Phi) is 4.81. The molecule has 1 aliphatic heterocycles. The van der Waals surface area contributed by atoms with Gasteiger partial charge in [-0.2, -0.15) is 0 Å². The zero-order chi connectivity index (χ0) is 14.5. The first-order valence-electron chi connectivity index (χ1n) is 6.59. The Balaban J connectivity index is 2.04. The number of hydrogen-bond donors (Lipinski definition) is 2. The molecule has 0 bridgehead atoms. The lowest BCUT2D eigenvalue weighted by molar-refractivity contribution is -0.0822. The molecule has 2 rings (SSSR count). The third-order valence-electron chi connectivity index (χ3n) is 3.17. The zero-order valence-corrected chi connectivity index (χ0v) is 11.7. The summed E-state index contributed by atoms with van der Waals surface area (Å²) in [7, 11) is 1.56. The predicted octanol–water partition coefficient (Wildman–Crippen LogP) is 1.31. The van der Waals surface area contributed by atoms with Gasteiger partial charge in [0.1, 0.15) is 5.75 Å². The molecule has 2 atom stereocenters. The number of ether oxygens (including phenoxy) is 2. The highest BCUT2D eigenvalue weighted by atomic mass is 16.5. The molecule has 6 nitrogen and oxygen atoms in total. The summed E-state index contributed by atoms with van der Waals surface area (Å²) in [6.07, 6.45) is -0.425. The van der Waals surface area contributed by atoms with Gasteiger partial charge in [-0.3, -0.25) is 0 Å². The normalized spacial score (nSPS) is 22.4. The minimum absolute atomic E-state index is 0.0932. The monoisotopic (exact) mass is 280 g/mol. The van der Waals surface area contributed by atoms with Crippen LogP contribution in [0.2, 0.25) is 0 Å². The first kappa shape index (κ1) is 14.6. The molecule has 2 N–H and O–H groups in total. The van der Waals surface area contributed by atoms with E-state index < -0.39 is 0 Å². The van der Waals surface area contributed by atoms with E-state index in [1.165, 1.54) is 0 Å². The number of rotatable bonds is 3. The number of nitrogens with zero attached hydrogens (tertiary/aromatic N) is 1. The standard InChI is InChI=1S/C14H20N2O4/c1-10-7-16(8-11(9-17)20-10)14(18)15-12-5-3-4-6-13(12)19-2/h3-6,10-11,17H,7-9H2,1-2H3,(H,15,18). The molecule has 6 heteroatoms. The van der Waals surface area contributed by atoms with Crippen LogP contribution in [0.3, 0.4) is 0 Å². The number of nitrogens with one attached hydrogen (secondary N) is 1. The lowest BCUT2D eigenvalue weighted by atomic mass is 10.2. The topological polar surface area (TPSA) is 71.0 Å². The van der Waals surface area contributed by atoms with Crippen molar-refractivity contribution in [3.05, 3.63) is 24.3 Å². The number of aliphatic hydroxyl groups is 1. The number of carbonyl (C=O) groups excluding carboxylic acids is 1. The highest BCUT2D eigenvalue weighted by molar-refractivity contribution is 5.91. The second kappa shape index (κ2) is 6.58. The van der Waals surface area contributed by atoms with Crippen molar-refractivity contribution in [1.82, 2.24) is 4.90 Å². The number of morpholine rings is 1. The predicted molar refractivity (Wildman–Crippen MR) is 75.0 cm³/mol. The highest BCUT2D eigenvalue weighted by Crippen LogP contribution is 2.23. The Morgan fingerprint density at radius 2 is 2.25 bits per heavy atom. The molecule has 1 aliphatic rings. The average Bonchev–Trinajstić information content (AvgIpc) is 2.47. The van der Waals surface area contributed by atoms with Crippen LogP contribution in [0.1, 0.15) is 6.92 Å². The SMILES string of the molecule is COc1ccccc1NC(=O)N1CC(C)OC(CO)C1. The van der Waals surface area contributed by atoms with Crippen LogP contribution >= 0.6 is 0 Å².